The Hall–Kier alpha value is -3.29. The van der Waals surface area contributed by atoms with Crippen molar-refractivity contribution >= 4 is 27.4 Å². The maximum Gasteiger partial charge on any atom is 0.255 e. The summed E-state index contributed by atoms with van der Waals surface area (Å²) in [6.07, 6.45) is 0. The molecule has 0 spiro atoms. The molecule has 3 aromatic carbocycles. The van der Waals surface area contributed by atoms with Gasteiger partial charge >= 0.3 is 0 Å². The van der Waals surface area contributed by atoms with Crippen molar-refractivity contribution in [1.29, 1.82) is 0 Å². The summed E-state index contributed by atoms with van der Waals surface area (Å²) < 4.78 is 27.5. The van der Waals surface area contributed by atoms with Gasteiger partial charge in [0.15, 0.2) is 5.78 Å². The molecule has 3 rings (SSSR count). The molecule has 1 amide bonds. The van der Waals surface area contributed by atoms with Gasteiger partial charge in [-0.2, -0.15) is 0 Å². The third kappa shape index (κ3) is 5.90. The SMILES string of the molecule is CC(=O)c1ccc(S(=O)(=O)NCc2ccc(C(=O)Nc3ccc(C(C)C)cc3)cc2)cc1. The summed E-state index contributed by atoms with van der Waals surface area (Å²) in [7, 11) is -3.72. The summed E-state index contributed by atoms with van der Waals surface area (Å²) in [5.74, 6) is 0.0585. The van der Waals surface area contributed by atoms with Crippen molar-refractivity contribution in [2.45, 2.75) is 38.1 Å². The molecule has 166 valence electrons. The number of anilines is 1. The molecular weight excluding hydrogens is 424 g/mol. The van der Waals surface area contributed by atoms with Gasteiger partial charge < -0.3 is 5.32 Å². The molecular formula is C25H26N2O4S. The van der Waals surface area contributed by atoms with E-state index in [1.165, 1.54) is 36.8 Å². The number of carbonyl (C=O) groups excluding carboxylic acids is 2. The first-order valence-corrected chi connectivity index (χ1v) is 11.7. The minimum atomic E-state index is -3.72. The predicted octanol–water partition coefficient (Wildman–Crippen LogP) is 4.74. The zero-order valence-corrected chi connectivity index (χ0v) is 19.1. The number of amides is 1. The molecule has 0 aliphatic heterocycles. The number of hydrogen-bond donors (Lipinski definition) is 2. The van der Waals surface area contributed by atoms with Crippen LogP contribution in [0.3, 0.4) is 0 Å². The van der Waals surface area contributed by atoms with Gasteiger partial charge in [-0.15, -0.1) is 0 Å². The number of hydrogen-bond acceptors (Lipinski definition) is 4. The smallest absolute Gasteiger partial charge is 0.255 e. The Balaban J connectivity index is 1.60. The van der Waals surface area contributed by atoms with Crippen molar-refractivity contribution in [2.24, 2.45) is 0 Å². The minimum Gasteiger partial charge on any atom is -0.322 e. The van der Waals surface area contributed by atoms with E-state index in [1.54, 1.807) is 24.3 Å². The van der Waals surface area contributed by atoms with Gasteiger partial charge in [0.25, 0.3) is 5.91 Å². The second-order valence-corrected chi connectivity index (χ2v) is 9.60. The Labute approximate surface area is 188 Å². The van der Waals surface area contributed by atoms with E-state index in [4.69, 9.17) is 0 Å². The van der Waals surface area contributed by atoms with E-state index in [9.17, 15) is 18.0 Å². The number of Topliss-reactive ketones (excluding diaryl/α,β-unsaturated/α-hetero) is 1. The average Bonchev–Trinajstić information content (AvgIpc) is 2.78. The second kappa shape index (κ2) is 9.89. The summed E-state index contributed by atoms with van der Waals surface area (Å²) in [6.45, 7) is 5.72. The standard InChI is InChI=1S/C25H26N2O4S/c1-17(2)20-8-12-23(13-9-20)27-25(29)22-6-4-19(5-7-22)16-26-32(30,31)24-14-10-21(11-15-24)18(3)28/h4-15,17,26H,16H2,1-3H3,(H,27,29). The molecule has 6 nitrogen and oxygen atoms in total. The fourth-order valence-electron chi connectivity index (χ4n) is 3.06. The van der Waals surface area contributed by atoms with Crippen LogP contribution < -0.4 is 10.0 Å². The van der Waals surface area contributed by atoms with E-state index in [1.807, 2.05) is 24.3 Å². The molecule has 3 aromatic rings. The highest BCUT2D eigenvalue weighted by Crippen LogP contribution is 2.18. The molecule has 32 heavy (non-hydrogen) atoms. The number of ketones is 1. The average molecular weight is 451 g/mol. The fraction of sp³-hybridized carbons (Fsp3) is 0.200. The van der Waals surface area contributed by atoms with Crippen LogP contribution in [-0.2, 0) is 16.6 Å². The third-order valence-corrected chi connectivity index (χ3v) is 6.51. The lowest BCUT2D eigenvalue weighted by Gasteiger charge is -2.10. The number of rotatable bonds is 8. The molecule has 0 saturated carbocycles. The molecule has 0 aliphatic rings. The van der Waals surface area contributed by atoms with Crippen molar-refractivity contribution < 1.29 is 18.0 Å². The van der Waals surface area contributed by atoms with Crippen LogP contribution in [0.2, 0.25) is 0 Å². The molecule has 0 aromatic heterocycles. The van der Waals surface area contributed by atoms with Crippen molar-refractivity contribution in [1.82, 2.24) is 4.72 Å². The summed E-state index contributed by atoms with van der Waals surface area (Å²) >= 11 is 0. The van der Waals surface area contributed by atoms with Crippen molar-refractivity contribution in [3.63, 3.8) is 0 Å². The van der Waals surface area contributed by atoms with Crippen molar-refractivity contribution in [3.05, 3.63) is 95.1 Å². The lowest BCUT2D eigenvalue weighted by molar-refractivity contribution is 0.101. The highest BCUT2D eigenvalue weighted by molar-refractivity contribution is 7.89. The van der Waals surface area contributed by atoms with E-state index in [0.717, 1.165) is 0 Å². The predicted molar refractivity (Wildman–Crippen MR) is 125 cm³/mol. The first-order valence-electron chi connectivity index (χ1n) is 10.3. The van der Waals surface area contributed by atoms with Crippen LogP contribution in [0.5, 0.6) is 0 Å². The molecule has 7 heteroatoms. The van der Waals surface area contributed by atoms with Gasteiger partial charge in [0, 0.05) is 23.4 Å². The zero-order chi connectivity index (χ0) is 23.3. The molecule has 0 unspecified atom stereocenters. The molecule has 0 fully saturated rings. The van der Waals surface area contributed by atoms with Crippen LogP contribution in [0.4, 0.5) is 5.69 Å². The number of benzene rings is 3. The molecule has 0 aliphatic carbocycles. The van der Waals surface area contributed by atoms with E-state index in [-0.39, 0.29) is 23.1 Å². The molecule has 2 N–H and O–H groups in total. The quantitative estimate of drug-likeness (QED) is 0.485. The highest BCUT2D eigenvalue weighted by Gasteiger charge is 2.14. The molecule has 0 bridgehead atoms. The monoisotopic (exact) mass is 450 g/mol. The van der Waals surface area contributed by atoms with E-state index < -0.39 is 10.0 Å². The van der Waals surface area contributed by atoms with Gasteiger partial charge in [0.2, 0.25) is 10.0 Å². The maximum atomic E-state index is 12.5. The molecule has 0 saturated heterocycles. The van der Waals surface area contributed by atoms with Gasteiger partial charge in [-0.05, 0) is 60.4 Å². The highest BCUT2D eigenvalue weighted by atomic mass is 32.2. The Kier molecular flexibility index (Phi) is 7.22. The van der Waals surface area contributed by atoms with Crippen LogP contribution in [0, 0.1) is 0 Å². The first-order chi connectivity index (χ1) is 15.2. The van der Waals surface area contributed by atoms with Crippen LogP contribution in [0.25, 0.3) is 0 Å². The van der Waals surface area contributed by atoms with Gasteiger partial charge in [0.05, 0.1) is 4.90 Å². The number of nitrogens with one attached hydrogen (secondary N) is 2. The van der Waals surface area contributed by atoms with Crippen molar-refractivity contribution in [3.8, 4) is 0 Å². The minimum absolute atomic E-state index is 0.0787. The fourth-order valence-corrected chi connectivity index (χ4v) is 4.08. The summed E-state index contributed by atoms with van der Waals surface area (Å²) in [6, 6.07) is 20.2. The summed E-state index contributed by atoms with van der Waals surface area (Å²) in [4.78, 5) is 23.9. The van der Waals surface area contributed by atoms with Crippen molar-refractivity contribution in [2.75, 3.05) is 5.32 Å². The van der Waals surface area contributed by atoms with Crippen LogP contribution in [-0.4, -0.2) is 20.1 Å². The van der Waals surface area contributed by atoms with Gasteiger partial charge in [0.1, 0.15) is 0 Å². The molecule has 0 heterocycles. The Morgan fingerprint density at radius 2 is 1.38 bits per heavy atom. The number of carbonyl (C=O) groups is 2. The lowest BCUT2D eigenvalue weighted by Crippen LogP contribution is -2.23. The third-order valence-electron chi connectivity index (χ3n) is 5.09. The first kappa shape index (κ1) is 23.4. The zero-order valence-electron chi connectivity index (χ0n) is 18.3. The van der Waals surface area contributed by atoms with E-state index >= 15 is 0 Å². The molecule has 0 radical (unpaired) electrons. The number of sulfonamides is 1. The Morgan fingerprint density at radius 3 is 1.91 bits per heavy atom. The summed E-state index contributed by atoms with van der Waals surface area (Å²) in [5, 5.41) is 2.86. The van der Waals surface area contributed by atoms with Gasteiger partial charge in [-0.25, -0.2) is 13.1 Å². The molecule has 0 atom stereocenters. The topological polar surface area (TPSA) is 92.3 Å². The largest absolute Gasteiger partial charge is 0.322 e. The lowest BCUT2D eigenvalue weighted by atomic mass is 10.0. The van der Waals surface area contributed by atoms with E-state index in [0.29, 0.717) is 28.3 Å². The summed E-state index contributed by atoms with van der Waals surface area (Å²) in [5.41, 5.74) is 3.56. The normalized spacial score (nSPS) is 11.4. The van der Waals surface area contributed by atoms with Crippen LogP contribution in [0.15, 0.2) is 77.7 Å². The van der Waals surface area contributed by atoms with Gasteiger partial charge in [-0.1, -0.05) is 50.2 Å². The maximum absolute atomic E-state index is 12.5. The van der Waals surface area contributed by atoms with Gasteiger partial charge in [-0.3, -0.25) is 9.59 Å². The second-order valence-electron chi connectivity index (χ2n) is 7.83. The van der Waals surface area contributed by atoms with E-state index in [2.05, 4.69) is 23.9 Å². The Morgan fingerprint density at radius 1 is 0.812 bits per heavy atom. The Bertz CT molecular complexity index is 1200. The van der Waals surface area contributed by atoms with Crippen LogP contribution >= 0.6 is 0 Å². The van der Waals surface area contributed by atoms with Crippen LogP contribution in [0.1, 0.15) is 58.5 Å².